The number of nitrogens with one attached hydrogen (secondary N) is 1. The van der Waals surface area contributed by atoms with E-state index >= 15 is 0 Å². The van der Waals surface area contributed by atoms with E-state index in [0.717, 1.165) is 7.11 Å². The van der Waals surface area contributed by atoms with Gasteiger partial charge in [0.2, 0.25) is 0 Å². The number of methoxy groups -OCH3 is 1. The molecule has 1 heterocycles. The van der Waals surface area contributed by atoms with Crippen molar-refractivity contribution in [3.63, 3.8) is 0 Å². The fourth-order valence-electron chi connectivity index (χ4n) is 2.30. The molecule has 0 spiro atoms. The van der Waals surface area contributed by atoms with Crippen molar-refractivity contribution in [2.45, 2.75) is 18.4 Å². The van der Waals surface area contributed by atoms with Gasteiger partial charge in [-0.3, -0.25) is 0 Å². The van der Waals surface area contributed by atoms with Gasteiger partial charge >= 0.3 is 12.4 Å². The molecule has 0 saturated carbocycles. The summed E-state index contributed by atoms with van der Waals surface area (Å²) in [5, 5.41) is 2.79. The van der Waals surface area contributed by atoms with E-state index in [4.69, 9.17) is 9.47 Å². The predicted octanol–water partition coefficient (Wildman–Crippen LogP) is 3.39. The Labute approximate surface area is 122 Å². The van der Waals surface area contributed by atoms with Gasteiger partial charge in [-0.2, -0.15) is 26.3 Å². The van der Waals surface area contributed by atoms with Gasteiger partial charge in [0.15, 0.2) is 0 Å². The summed E-state index contributed by atoms with van der Waals surface area (Å²) < 4.78 is 87.8. The molecule has 0 aliphatic carbocycles. The van der Waals surface area contributed by atoms with Crippen LogP contribution < -0.4 is 10.1 Å². The molecule has 3 nitrogen and oxygen atoms in total. The molecule has 0 unspecified atom stereocenters. The number of hydrogen-bond donors (Lipinski definition) is 1. The third-order valence-electron chi connectivity index (χ3n) is 3.26. The van der Waals surface area contributed by atoms with Gasteiger partial charge < -0.3 is 14.8 Å². The van der Waals surface area contributed by atoms with E-state index in [1.54, 1.807) is 0 Å². The quantitative estimate of drug-likeness (QED) is 0.844. The molecule has 0 amide bonds. The standard InChI is InChI=1S/C13H13F6NO2/c1-21-10-5-7(12(14,15)16)4-8(13(17,18)19)11(10)9-6-22-3-2-20-9/h4-5,9,20H,2-3,6H2,1H3/t9-/m0/s1. The second kappa shape index (κ2) is 5.96. The summed E-state index contributed by atoms with van der Waals surface area (Å²) in [5.74, 6) is -0.467. The first-order valence-electron chi connectivity index (χ1n) is 6.32. The van der Waals surface area contributed by atoms with E-state index in [2.05, 4.69) is 5.32 Å². The largest absolute Gasteiger partial charge is 0.496 e. The summed E-state index contributed by atoms with van der Waals surface area (Å²) in [6.45, 7) is 0.539. The van der Waals surface area contributed by atoms with Crippen LogP contribution in [-0.4, -0.2) is 26.9 Å². The molecule has 1 N–H and O–H groups in total. The zero-order valence-electron chi connectivity index (χ0n) is 11.4. The molecule has 1 saturated heterocycles. The first kappa shape index (κ1) is 16.9. The molecular weight excluding hydrogens is 316 g/mol. The molecule has 124 valence electrons. The highest BCUT2D eigenvalue weighted by Crippen LogP contribution is 2.43. The van der Waals surface area contributed by atoms with Crippen LogP contribution in [0.5, 0.6) is 5.75 Å². The Kier molecular flexibility index (Phi) is 4.57. The van der Waals surface area contributed by atoms with Crippen LogP contribution in [0.3, 0.4) is 0 Å². The highest BCUT2D eigenvalue weighted by Gasteiger charge is 2.41. The lowest BCUT2D eigenvalue weighted by molar-refractivity contribution is -0.144. The Bertz CT molecular complexity index is 535. The molecule has 1 aliphatic rings. The number of rotatable bonds is 2. The Morgan fingerprint density at radius 3 is 2.27 bits per heavy atom. The van der Waals surface area contributed by atoms with Gasteiger partial charge in [-0.15, -0.1) is 0 Å². The number of alkyl halides is 6. The van der Waals surface area contributed by atoms with Crippen molar-refractivity contribution in [2.24, 2.45) is 0 Å². The first-order chi connectivity index (χ1) is 10.1. The second-order valence-electron chi connectivity index (χ2n) is 4.72. The average Bonchev–Trinajstić information content (AvgIpc) is 2.44. The monoisotopic (exact) mass is 329 g/mol. The molecule has 1 aromatic rings. The molecule has 1 atom stereocenters. The fraction of sp³-hybridized carbons (Fsp3) is 0.538. The predicted molar refractivity (Wildman–Crippen MR) is 64.6 cm³/mol. The lowest BCUT2D eigenvalue weighted by Crippen LogP contribution is -2.36. The highest BCUT2D eigenvalue weighted by molar-refractivity contribution is 5.48. The van der Waals surface area contributed by atoms with Crippen molar-refractivity contribution in [1.29, 1.82) is 0 Å². The maximum Gasteiger partial charge on any atom is 0.416 e. The SMILES string of the molecule is COc1cc(C(F)(F)F)cc(C(F)(F)F)c1[C@@H]1COCCN1. The van der Waals surface area contributed by atoms with Gasteiger partial charge in [0.05, 0.1) is 37.5 Å². The highest BCUT2D eigenvalue weighted by atomic mass is 19.4. The molecule has 22 heavy (non-hydrogen) atoms. The average molecular weight is 329 g/mol. The van der Waals surface area contributed by atoms with Gasteiger partial charge in [-0.25, -0.2) is 0 Å². The molecule has 0 aromatic heterocycles. The van der Waals surface area contributed by atoms with Gasteiger partial charge in [0, 0.05) is 12.1 Å². The lowest BCUT2D eigenvalue weighted by Gasteiger charge is -2.28. The van der Waals surface area contributed by atoms with Crippen LogP contribution in [0.1, 0.15) is 22.7 Å². The molecule has 9 heteroatoms. The van der Waals surface area contributed by atoms with Crippen LogP contribution in [0.25, 0.3) is 0 Å². The zero-order valence-corrected chi connectivity index (χ0v) is 11.4. The number of morpholine rings is 1. The van der Waals surface area contributed by atoms with Crippen LogP contribution in [0.15, 0.2) is 12.1 Å². The summed E-state index contributed by atoms with van der Waals surface area (Å²) in [7, 11) is 1.03. The molecule has 1 aromatic carbocycles. The summed E-state index contributed by atoms with van der Waals surface area (Å²) in [4.78, 5) is 0. The number of ether oxygens (including phenoxy) is 2. The van der Waals surface area contributed by atoms with Crippen LogP contribution >= 0.6 is 0 Å². The van der Waals surface area contributed by atoms with E-state index in [1.165, 1.54) is 0 Å². The molecule has 1 fully saturated rings. The summed E-state index contributed by atoms with van der Waals surface area (Å²) in [5.41, 5.74) is -3.15. The van der Waals surface area contributed by atoms with Crippen LogP contribution in [0.4, 0.5) is 26.3 Å². The van der Waals surface area contributed by atoms with Crippen molar-refractivity contribution in [3.05, 3.63) is 28.8 Å². The fourth-order valence-corrected chi connectivity index (χ4v) is 2.30. The molecule has 2 rings (SSSR count). The molecule has 0 radical (unpaired) electrons. The number of benzene rings is 1. The minimum Gasteiger partial charge on any atom is -0.496 e. The Hall–Kier alpha value is -1.48. The second-order valence-corrected chi connectivity index (χ2v) is 4.72. The van der Waals surface area contributed by atoms with Crippen LogP contribution in [0.2, 0.25) is 0 Å². The van der Waals surface area contributed by atoms with Crippen molar-refractivity contribution >= 4 is 0 Å². The van der Waals surface area contributed by atoms with Crippen molar-refractivity contribution < 1.29 is 35.8 Å². The van der Waals surface area contributed by atoms with Gasteiger partial charge in [-0.05, 0) is 12.1 Å². The van der Waals surface area contributed by atoms with Crippen molar-refractivity contribution in [2.75, 3.05) is 26.9 Å². The van der Waals surface area contributed by atoms with Crippen LogP contribution in [-0.2, 0) is 17.1 Å². The van der Waals surface area contributed by atoms with E-state index < -0.39 is 35.3 Å². The normalized spacial score (nSPS) is 20.0. The molecule has 1 aliphatic heterocycles. The Morgan fingerprint density at radius 1 is 1.14 bits per heavy atom. The minimum absolute atomic E-state index is 0.0786. The minimum atomic E-state index is -4.94. The van der Waals surface area contributed by atoms with Gasteiger partial charge in [0.25, 0.3) is 0 Å². The maximum atomic E-state index is 13.2. The summed E-state index contributed by atoms with van der Waals surface area (Å²) >= 11 is 0. The van der Waals surface area contributed by atoms with Crippen LogP contribution in [0, 0.1) is 0 Å². The van der Waals surface area contributed by atoms with Crippen molar-refractivity contribution in [3.8, 4) is 5.75 Å². The number of hydrogen-bond acceptors (Lipinski definition) is 3. The molecule has 0 bridgehead atoms. The summed E-state index contributed by atoms with van der Waals surface area (Å²) in [6, 6.07) is -0.211. The van der Waals surface area contributed by atoms with Gasteiger partial charge in [0.1, 0.15) is 5.75 Å². The van der Waals surface area contributed by atoms with Crippen molar-refractivity contribution in [1.82, 2.24) is 5.32 Å². The Morgan fingerprint density at radius 2 is 1.82 bits per heavy atom. The lowest BCUT2D eigenvalue weighted by atomic mass is 9.95. The number of halogens is 6. The van der Waals surface area contributed by atoms with E-state index in [-0.39, 0.29) is 18.2 Å². The maximum absolute atomic E-state index is 13.2. The first-order valence-corrected chi connectivity index (χ1v) is 6.32. The van der Waals surface area contributed by atoms with E-state index in [9.17, 15) is 26.3 Å². The third kappa shape index (κ3) is 3.46. The smallest absolute Gasteiger partial charge is 0.416 e. The topological polar surface area (TPSA) is 30.5 Å². The Balaban J connectivity index is 2.63. The summed E-state index contributed by atoms with van der Waals surface area (Å²) in [6.07, 6.45) is -9.84. The zero-order chi connectivity index (χ0) is 16.5. The van der Waals surface area contributed by atoms with E-state index in [1.807, 2.05) is 0 Å². The van der Waals surface area contributed by atoms with Gasteiger partial charge in [-0.1, -0.05) is 0 Å². The molecular formula is C13H13F6NO2. The van der Waals surface area contributed by atoms with E-state index in [0.29, 0.717) is 19.2 Å². The third-order valence-corrected chi connectivity index (χ3v) is 3.26.